The number of nitrogens with one attached hydrogen (secondary N) is 1. The molecule has 1 heterocycles. The van der Waals surface area contributed by atoms with Gasteiger partial charge in [0.25, 0.3) is 0 Å². The van der Waals surface area contributed by atoms with E-state index in [1.807, 2.05) is 31.2 Å². The molecule has 2 N–H and O–H groups in total. The fourth-order valence-corrected chi connectivity index (χ4v) is 1.54. The molecule has 16 heavy (non-hydrogen) atoms. The van der Waals surface area contributed by atoms with Crippen LogP contribution in [0.25, 0.3) is 11.4 Å². The average molecular weight is 218 g/mol. The van der Waals surface area contributed by atoms with E-state index >= 15 is 0 Å². The quantitative estimate of drug-likeness (QED) is 0.827. The van der Waals surface area contributed by atoms with Crippen molar-refractivity contribution >= 4 is 0 Å². The molecule has 0 aliphatic rings. The third-order valence-corrected chi connectivity index (χ3v) is 2.50. The Labute approximate surface area is 93.9 Å². The number of aryl methyl sites for hydroxylation is 1. The molecule has 1 aromatic heterocycles. The summed E-state index contributed by atoms with van der Waals surface area (Å²) in [6.07, 6.45) is 0. The van der Waals surface area contributed by atoms with Crippen LogP contribution in [-0.2, 0) is 6.61 Å². The molecule has 2 aromatic rings. The van der Waals surface area contributed by atoms with Crippen molar-refractivity contribution in [3.8, 4) is 17.1 Å². The number of aromatic amines is 1. The average Bonchev–Trinajstić information content (AvgIpc) is 2.71. The molecule has 0 aliphatic carbocycles. The Morgan fingerprint density at radius 2 is 2.00 bits per heavy atom. The third kappa shape index (κ3) is 1.92. The van der Waals surface area contributed by atoms with Gasteiger partial charge in [-0.05, 0) is 31.2 Å². The minimum absolute atomic E-state index is 0.0432. The molecule has 4 nitrogen and oxygen atoms in total. The van der Waals surface area contributed by atoms with Gasteiger partial charge in [0.2, 0.25) is 0 Å². The summed E-state index contributed by atoms with van der Waals surface area (Å²) in [5.74, 6) is 1.58. The fourth-order valence-electron chi connectivity index (χ4n) is 1.54. The van der Waals surface area contributed by atoms with Crippen LogP contribution < -0.4 is 4.74 Å². The molecule has 0 spiro atoms. The Hall–Kier alpha value is -1.81. The number of ether oxygens (including phenoxy) is 1. The Morgan fingerprint density at radius 3 is 2.50 bits per heavy atom. The zero-order valence-electron chi connectivity index (χ0n) is 9.32. The maximum atomic E-state index is 9.06. The summed E-state index contributed by atoms with van der Waals surface area (Å²) in [4.78, 5) is 7.45. The summed E-state index contributed by atoms with van der Waals surface area (Å²) >= 11 is 0. The van der Waals surface area contributed by atoms with E-state index in [9.17, 15) is 0 Å². The van der Waals surface area contributed by atoms with Crippen molar-refractivity contribution in [2.24, 2.45) is 0 Å². The fraction of sp³-hybridized carbons (Fsp3) is 0.250. The molecule has 2 rings (SSSR count). The van der Waals surface area contributed by atoms with Gasteiger partial charge in [0.05, 0.1) is 19.4 Å². The first kappa shape index (κ1) is 10.7. The normalized spacial score (nSPS) is 10.4. The molecule has 0 amide bonds. The van der Waals surface area contributed by atoms with Crippen molar-refractivity contribution in [1.82, 2.24) is 9.97 Å². The lowest BCUT2D eigenvalue weighted by atomic mass is 10.2. The van der Waals surface area contributed by atoms with Gasteiger partial charge in [-0.15, -0.1) is 0 Å². The van der Waals surface area contributed by atoms with Crippen molar-refractivity contribution < 1.29 is 9.84 Å². The number of benzene rings is 1. The largest absolute Gasteiger partial charge is 0.497 e. The number of aliphatic hydroxyl groups is 1. The zero-order chi connectivity index (χ0) is 11.5. The van der Waals surface area contributed by atoms with E-state index in [2.05, 4.69) is 9.97 Å². The van der Waals surface area contributed by atoms with Gasteiger partial charge in [0, 0.05) is 11.3 Å². The molecule has 0 saturated carbocycles. The van der Waals surface area contributed by atoms with Gasteiger partial charge >= 0.3 is 0 Å². The van der Waals surface area contributed by atoms with E-state index in [1.165, 1.54) is 0 Å². The Morgan fingerprint density at radius 1 is 1.31 bits per heavy atom. The van der Waals surface area contributed by atoms with Crippen LogP contribution in [0, 0.1) is 6.92 Å². The van der Waals surface area contributed by atoms with Crippen LogP contribution in [0.5, 0.6) is 5.75 Å². The van der Waals surface area contributed by atoms with Crippen molar-refractivity contribution in [2.75, 3.05) is 7.11 Å². The Kier molecular flexibility index (Phi) is 2.92. The van der Waals surface area contributed by atoms with Gasteiger partial charge in [-0.2, -0.15) is 0 Å². The van der Waals surface area contributed by atoms with Gasteiger partial charge < -0.3 is 14.8 Å². The zero-order valence-corrected chi connectivity index (χ0v) is 9.32. The summed E-state index contributed by atoms with van der Waals surface area (Å²) in [5.41, 5.74) is 2.56. The van der Waals surface area contributed by atoms with Crippen LogP contribution in [0.15, 0.2) is 24.3 Å². The van der Waals surface area contributed by atoms with Gasteiger partial charge in [0.15, 0.2) is 0 Å². The molecule has 4 heteroatoms. The highest BCUT2D eigenvalue weighted by molar-refractivity contribution is 5.57. The smallest absolute Gasteiger partial charge is 0.137 e. The van der Waals surface area contributed by atoms with Gasteiger partial charge in [-0.25, -0.2) is 4.98 Å². The second kappa shape index (κ2) is 4.37. The monoisotopic (exact) mass is 218 g/mol. The van der Waals surface area contributed by atoms with Crippen LogP contribution in [0.3, 0.4) is 0 Å². The number of methoxy groups -OCH3 is 1. The maximum absolute atomic E-state index is 9.06. The SMILES string of the molecule is COc1ccc(-c2nc(CO)c(C)[nH]2)cc1. The number of imidazole rings is 1. The van der Waals surface area contributed by atoms with Crippen LogP contribution in [-0.4, -0.2) is 22.2 Å². The van der Waals surface area contributed by atoms with E-state index in [4.69, 9.17) is 9.84 Å². The molecule has 0 atom stereocenters. The molecule has 0 bridgehead atoms. The minimum Gasteiger partial charge on any atom is -0.497 e. The molecule has 0 fully saturated rings. The molecule has 1 aromatic carbocycles. The highest BCUT2D eigenvalue weighted by atomic mass is 16.5. The van der Waals surface area contributed by atoms with Crippen molar-refractivity contribution in [2.45, 2.75) is 13.5 Å². The third-order valence-electron chi connectivity index (χ3n) is 2.50. The number of aromatic nitrogens is 2. The molecule has 84 valence electrons. The van der Waals surface area contributed by atoms with Gasteiger partial charge in [0.1, 0.15) is 11.6 Å². The first-order valence-electron chi connectivity index (χ1n) is 5.05. The van der Waals surface area contributed by atoms with Gasteiger partial charge in [-0.3, -0.25) is 0 Å². The number of aliphatic hydroxyl groups excluding tert-OH is 1. The molecule has 0 aliphatic heterocycles. The van der Waals surface area contributed by atoms with E-state index in [0.29, 0.717) is 5.69 Å². The van der Waals surface area contributed by atoms with E-state index in [-0.39, 0.29) is 6.61 Å². The number of hydrogen-bond acceptors (Lipinski definition) is 3. The lowest BCUT2D eigenvalue weighted by Gasteiger charge is -2.00. The maximum Gasteiger partial charge on any atom is 0.137 e. The van der Waals surface area contributed by atoms with Crippen LogP contribution in [0.2, 0.25) is 0 Å². The summed E-state index contributed by atoms with van der Waals surface area (Å²) in [7, 11) is 1.63. The summed E-state index contributed by atoms with van der Waals surface area (Å²) in [6.45, 7) is 1.85. The molecule has 0 radical (unpaired) electrons. The van der Waals surface area contributed by atoms with Crippen LogP contribution >= 0.6 is 0 Å². The highest BCUT2D eigenvalue weighted by Gasteiger charge is 2.07. The number of nitrogens with zero attached hydrogens (tertiary/aromatic N) is 1. The molecule has 0 unspecified atom stereocenters. The van der Waals surface area contributed by atoms with E-state index in [1.54, 1.807) is 7.11 Å². The van der Waals surface area contributed by atoms with Crippen molar-refractivity contribution in [1.29, 1.82) is 0 Å². The standard InChI is InChI=1S/C12H14N2O2/c1-8-11(7-15)14-12(13-8)9-3-5-10(16-2)6-4-9/h3-6,15H,7H2,1-2H3,(H,13,14). The molecular weight excluding hydrogens is 204 g/mol. The van der Waals surface area contributed by atoms with E-state index < -0.39 is 0 Å². The van der Waals surface area contributed by atoms with Gasteiger partial charge in [-0.1, -0.05) is 0 Å². The topological polar surface area (TPSA) is 58.1 Å². The molecule has 0 saturated heterocycles. The Bertz CT molecular complexity index is 474. The lowest BCUT2D eigenvalue weighted by Crippen LogP contribution is -1.85. The van der Waals surface area contributed by atoms with E-state index in [0.717, 1.165) is 22.8 Å². The first-order chi connectivity index (χ1) is 7.74. The van der Waals surface area contributed by atoms with Crippen LogP contribution in [0.1, 0.15) is 11.4 Å². The summed E-state index contributed by atoms with van der Waals surface area (Å²) in [5, 5.41) is 9.06. The predicted octanol–water partition coefficient (Wildman–Crippen LogP) is 1.89. The Balaban J connectivity index is 2.34. The predicted molar refractivity (Wildman–Crippen MR) is 61.2 cm³/mol. The second-order valence-corrected chi connectivity index (χ2v) is 3.54. The minimum atomic E-state index is -0.0432. The first-order valence-corrected chi connectivity index (χ1v) is 5.05. The summed E-state index contributed by atoms with van der Waals surface area (Å²) < 4.78 is 5.08. The number of rotatable bonds is 3. The number of H-pyrrole nitrogens is 1. The second-order valence-electron chi connectivity index (χ2n) is 3.54. The van der Waals surface area contributed by atoms with Crippen molar-refractivity contribution in [3.05, 3.63) is 35.7 Å². The highest BCUT2D eigenvalue weighted by Crippen LogP contribution is 2.21. The molecular formula is C12H14N2O2. The van der Waals surface area contributed by atoms with Crippen molar-refractivity contribution in [3.63, 3.8) is 0 Å². The van der Waals surface area contributed by atoms with Crippen LogP contribution in [0.4, 0.5) is 0 Å². The lowest BCUT2D eigenvalue weighted by molar-refractivity contribution is 0.276. The number of hydrogen-bond donors (Lipinski definition) is 2. The summed E-state index contributed by atoms with van der Waals surface area (Å²) in [6, 6.07) is 7.62.